The summed E-state index contributed by atoms with van der Waals surface area (Å²) in [6.45, 7) is 0.111. The summed E-state index contributed by atoms with van der Waals surface area (Å²) in [5.74, 6) is -0.563. The molecule has 3 nitrogen and oxygen atoms in total. The number of rotatable bonds is 6. The highest BCUT2D eigenvalue weighted by molar-refractivity contribution is 7.99. The summed E-state index contributed by atoms with van der Waals surface area (Å²) < 4.78 is 12.9. The van der Waals surface area contributed by atoms with E-state index < -0.39 is 0 Å². The van der Waals surface area contributed by atoms with Crippen LogP contribution in [0, 0.1) is 5.82 Å². The van der Waals surface area contributed by atoms with Crippen LogP contribution in [0.15, 0.2) is 58.3 Å². The molecule has 2 aromatic carbocycles. The SMILES string of the molecule is O=C(C=Cc1ccc(Sc2ccc(F)cc2)cc1Cl)NCCO. The Morgan fingerprint density at radius 3 is 2.57 bits per heavy atom. The first kappa shape index (κ1) is 17.5. The molecule has 0 aromatic heterocycles. The van der Waals surface area contributed by atoms with Gasteiger partial charge in [-0.1, -0.05) is 29.4 Å². The van der Waals surface area contributed by atoms with Crippen molar-refractivity contribution in [3.8, 4) is 0 Å². The van der Waals surface area contributed by atoms with Gasteiger partial charge < -0.3 is 10.4 Å². The molecule has 0 radical (unpaired) electrons. The van der Waals surface area contributed by atoms with E-state index in [-0.39, 0.29) is 24.9 Å². The van der Waals surface area contributed by atoms with Crippen LogP contribution in [0.25, 0.3) is 6.08 Å². The first-order valence-corrected chi connectivity index (χ1v) is 8.07. The Balaban J connectivity index is 2.04. The number of hydrogen-bond donors (Lipinski definition) is 2. The van der Waals surface area contributed by atoms with Gasteiger partial charge in [-0.3, -0.25) is 4.79 Å². The Morgan fingerprint density at radius 1 is 1.22 bits per heavy atom. The summed E-state index contributed by atoms with van der Waals surface area (Å²) in [5.41, 5.74) is 0.717. The summed E-state index contributed by atoms with van der Waals surface area (Å²) in [7, 11) is 0. The van der Waals surface area contributed by atoms with E-state index in [0.29, 0.717) is 10.6 Å². The van der Waals surface area contributed by atoms with E-state index in [2.05, 4.69) is 5.32 Å². The van der Waals surface area contributed by atoms with Gasteiger partial charge in [0.05, 0.1) is 6.61 Å². The number of nitrogens with one attached hydrogen (secondary N) is 1. The minimum Gasteiger partial charge on any atom is -0.395 e. The molecule has 0 atom stereocenters. The quantitative estimate of drug-likeness (QED) is 0.779. The van der Waals surface area contributed by atoms with Crippen molar-refractivity contribution in [2.24, 2.45) is 0 Å². The molecule has 0 heterocycles. The molecule has 0 bridgehead atoms. The Bertz CT molecular complexity index is 704. The lowest BCUT2D eigenvalue weighted by molar-refractivity contribution is -0.116. The van der Waals surface area contributed by atoms with Crippen molar-refractivity contribution in [3.63, 3.8) is 0 Å². The van der Waals surface area contributed by atoms with Crippen LogP contribution in [0.5, 0.6) is 0 Å². The molecule has 0 aliphatic rings. The summed E-state index contributed by atoms with van der Waals surface area (Å²) in [6, 6.07) is 11.7. The maximum Gasteiger partial charge on any atom is 0.244 e. The zero-order valence-electron chi connectivity index (χ0n) is 12.1. The third-order valence-corrected chi connectivity index (χ3v) is 4.17. The molecule has 0 fully saturated rings. The van der Waals surface area contributed by atoms with Crippen LogP contribution in [0.4, 0.5) is 4.39 Å². The van der Waals surface area contributed by atoms with Crippen LogP contribution in [0.2, 0.25) is 5.02 Å². The van der Waals surface area contributed by atoms with Crippen molar-refractivity contribution in [1.29, 1.82) is 0 Å². The lowest BCUT2D eigenvalue weighted by Gasteiger charge is -2.05. The normalized spacial score (nSPS) is 10.9. The number of hydrogen-bond acceptors (Lipinski definition) is 3. The second-order valence-electron chi connectivity index (χ2n) is 4.59. The summed E-state index contributed by atoms with van der Waals surface area (Å²) in [4.78, 5) is 13.3. The summed E-state index contributed by atoms with van der Waals surface area (Å²) in [5, 5.41) is 11.7. The average Bonchev–Trinajstić information content (AvgIpc) is 2.54. The van der Waals surface area contributed by atoms with Crippen LogP contribution in [-0.2, 0) is 4.79 Å². The molecule has 0 unspecified atom stereocenters. The van der Waals surface area contributed by atoms with Gasteiger partial charge in [-0.05, 0) is 48.0 Å². The predicted molar refractivity (Wildman–Crippen MR) is 91.1 cm³/mol. The smallest absolute Gasteiger partial charge is 0.244 e. The first-order chi connectivity index (χ1) is 11.1. The van der Waals surface area contributed by atoms with Gasteiger partial charge in [-0.25, -0.2) is 4.39 Å². The highest BCUT2D eigenvalue weighted by atomic mass is 35.5. The van der Waals surface area contributed by atoms with Crippen molar-refractivity contribution in [1.82, 2.24) is 5.32 Å². The summed E-state index contributed by atoms with van der Waals surface area (Å²) >= 11 is 7.68. The van der Waals surface area contributed by atoms with Gasteiger partial charge in [0.2, 0.25) is 5.91 Å². The minimum atomic E-state index is -0.292. The van der Waals surface area contributed by atoms with Gasteiger partial charge in [0.15, 0.2) is 0 Å². The molecule has 0 aliphatic heterocycles. The van der Waals surface area contributed by atoms with Crippen molar-refractivity contribution in [3.05, 3.63) is 64.9 Å². The molecule has 0 spiro atoms. The van der Waals surface area contributed by atoms with Gasteiger partial charge >= 0.3 is 0 Å². The Morgan fingerprint density at radius 2 is 1.91 bits per heavy atom. The monoisotopic (exact) mass is 351 g/mol. The molecule has 0 saturated heterocycles. The molecule has 2 aromatic rings. The predicted octanol–water partition coefficient (Wildman–Crippen LogP) is 3.75. The zero-order chi connectivity index (χ0) is 16.7. The lowest BCUT2D eigenvalue weighted by Crippen LogP contribution is -2.24. The molecular weight excluding hydrogens is 337 g/mol. The first-order valence-electron chi connectivity index (χ1n) is 6.88. The molecule has 2 N–H and O–H groups in total. The fraction of sp³-hybridized carbons (Fsp3) is 0.118. The average molecular weight is 352 g/mol. The van der Waals surface area contributed by atoms with Gasteiger partial charge in [-0.2, -0.15) is 0 Å². The third-order valence-electron chi connectivity index (χ3n) is 2.85. The van der Waals surface area contributed by atoms with Crippen LogP contribution < -0.4 is 5.32 Å². The molecule has 0 saturated carbocycles. The fourth-order valence-electron chi connectivity index (χ4n) is 1.75. The van der Waals surface area contributed by atoms with Gasteiger partial charge in [-0.15, -0.1) is 0 Å². The topological polar surface area (TPSA) is 49.3 Å². The lowest BCUT2D eigenvalue weighted by atomic mass is 10.2. The van der Waals surface area contributed by atoms with Crippen molar-refractivity contribution in [2.45, 2.75) is 9.79 Å². The van der Waals surface area contributed by atoms with Crippen LogP contribution in [0.1, 0.15) is 5.56 Å². The minimum absolute atomic E-state index is 0.102. The Labute approximate surface area is 143 Å². The molecule has 120 valence electrons. The van der Waals surface area contributed by atoms with E-state index in [1.807, 2.05) is 12.1 Å². The van der Waals surface area contributed by atoms with Gasteiger partial charge in [0, 0.05) is 27.4 Å². The largest absolute Gasteiger partial charge is 0.395 e. The third kappa shape index (κ3) is 5.71. The number of halogens is 2. The van der Waals surface area contributed by atoms with E-state index in [1.54, 1.807) is 24.3 Å². The second-order valence-corrected chi connectivity index (χ2v) is 6.14. The highest BCUT2D eigenvalue weighted by Crippen LogP contribution is 2.31. The molecule has 23 heavy (non-hydrogen) atoms. The van der Waals surface area contributed by atoms with Crippen molar-refractivity contribution < 1.29 is 14.3 Å². The van der Waals surface area contributed by atoms with Crippen LogP contribution in [0.3, 0.4) is 0 Å². The number of carbonyl (C=O) groups excluding carboxylic acids is 1. The Kier molecular flexibility index (Phi) is 6.65. The van der Waals surface area contributed by atoms with E-state index in [4.69, 9.17) is 16.7 Å². The standard InChI is InChI=1S/C17H15ClFNO2S/c18-16-11-15(23-14-6-3-13(19)4-7-14)5-1-12(16)2-8-17(22)20-9-10-21/h1-8,11,21H,9-10H2,(H,20,22). The zero-order valence-corrected chi connectivity index (χ0v) is 13.7. The van der Waals surface area contributed by atoms with Gasteiger partial charge in [0.1, 0.15) is 5.82 Å². The van der Waals surface area contributed by atoms with E-state index in [9.17, 15) is 9.18 Å². The van der Waals surface area contributed by atoms with Crippen molar-refractivity contribution >= 4 is 35.3 Å². The van der Waals surface area contributed by atoms with Crippen LogP contribution >= 0.6 is 23.4 Å². The molecule has 0 aliphatic carbocycles. The van der Waals surface area contributed by atoms with E-state index >= 15 is 0 Å². The maximum absolute atomic E-state index is 12.9. The highest BCUT2D eigenvalue weighted by Gasteiger charge is 2.03. The molecule has 6 heteroatoms. The Hall–Kier alpha value is -1.82. The maximum atomic E-state index is 12.9. The molecular formula is C17H15ClFNO2S. The number of carbonyl (C=O) groups is 1. The van der Waals surface area contributed by atoms with E-state index in [0.717, 1.165) is 9.79 Å². The van der Waals surface area contributed by atoms with Crippen molar-refractivity contribution in [2.75, 3.05) is 13.2 Å². The fourth-order valence-corrected chi connectivity index (χ4v) is 2.91. The number of aliphatic hydroxyl groups is 1. The second kappa shape index (κ2) is 8.72. The number of benzene rings is 2. The number of amides is 1. The van der Waals surface area contributed by atoms with Crippen LogP contribution in [-0.4, -0.2) is 24.2 Å². The van der Waals surface area contributed by atoms with Gasteiger partial charge in [0.25, 0.3) is 0 Å². The van der Waals surface area contributed by atoms with E-state index in [1.165, 1.54) is 30.0 Å². The molecule has 2 rings (SSSR count). The summed E-state index contributed by atoms with van der Waals surface area (Å²) in [6.07, 6.45) is 2.98. The molecule has 1 amide bonds. The number of aliphatic hydroxyl groups excluding tert-OH is 1.